The monoisotopic (exact) mass is 344 g/mol. The summed E-state index contributed by atoms with van der Waals surface area (Å²) in [5, 5.41) is 11.1. The van der Waals surface area contributed by atoms with Gasteiger partial charge in [-0.3, -0.25) is 14.4 Å². The molecule has 0 saturated carbocycles. The lowest BCUT2D eigenvalue weighted by Gasteiger charge is -2.15. The fraction of sp³-hybridized carbons (Fsp3) is 0.143. The maximum absolute atomic E-state index is 12.6. The summed E-state index contributed by atoms with van der Waals surface area (Å²) in [4.78, 5) is 36.7. The highest BCUT2D eigenvalue weighted by Crippen LogP contribution is 2.23. The molecule has 2 aromatic rings. The van der Waals surface area contributed by atoms with Crippen molar-refractivity contribution in [3.63, 3.8) is 0 Å². The number of rotatable bonds is 5. The van der Waals surface area contributed by atoms with Crippen LogP contribution in [0.25, 0.3) is 0 Å². The third kappa shape index (κ3) is 3.60. The molecule has 0 atom stereocenters. The first kappa shape index (κ1) is 17.3. The predicted octanol–water partition coefficient (Wildman–Crippen LogP) is 2.88. The highest BCUT2D eigenvalue weighted by atomic mass is 16.2. The van der Waals surface area contributed by atoms with Gasteiger partial charge in [0.15, 0.2) is 11.6 Å². The molecule has 0 fully saturated rings. The molecule has 0 bridgehead atoms. The van der Waals surface area contributed by atoms with Crippen molar-refractivity contribution >= 4 is 17.5 Å². The van der Waals surface area contributed by atoms with Crippen molar-refractivity contribution in [2.24, 2.45) is 0 Å². The Morgan fingerprint density at radius 1 is 1.00 bits per heavy atom. The van der Waals surface area contributed by atoms with Crippen molar-refractivity contribution in [2.75, 3.05) is 6.54 Å². The van der Waals surface area contributed by atoms with Crippen LogP contribution in [-0.2, 0) is 6.42 Å². The topological polar surface area (TPSA) is 87.0 Å². The summed E-state index contributed by atoms with van der Waals surface area (Å²) >= 11 is 0. The number of Topliss-reactive ketones (excluding diaryl/α,β-unsaturated/α-hetero) is 1. The minimum Gasteiger partial charge on any atom is -0.351 e. The molecule has 0 spiro atoms. The molecule has 1 amide bonds. The van der Waals surface area contributed by atoms with Gasteiger partial charge in [-0.25, -0.2) is 0 Å². The highest BCUT2D eigenvalue weighted by molar-refractivity contribution is 6.24. The van der Waals surface area contributed by atoms with E-state index in [1.807, 2.05) is 6.07 Å². The van der Waals surface area contributed by atoms with Gasteiger partial charge < -0.3 is 5.32 Å². The molecule has 1 aliphatic carbocycles. The number of nitrogens with one attached hydrogen (secondary N) is 1. The molecule has 0 saturated heterocycles. The average molecular weight is 344 g/mol. The van der Waals surface area contributed by atoms with Gasteiger partial charge in [-0.1, -0.05) is 36.4 Å². The molecule has 1 aliphatic rings. The van der Waals surface area contributed by atoms with Crippen LogP contribution in [0.1, 0.15) is 43.1 Å². The molecule has 5 nitrogen and oxygen atoms in total. The van der Waals surface area contributed by atoms with Gasteiger partial charge in [-0.15, -0.1) is 0 Å². The Bertz CT molecular complexity index is 950. The van der Waals surface area contributed by atoms with Gasteiger partial charge in [-0.05, 0) is 23.8 Å². The van der Waals surface area contributed by atoms with Crippen molar-refractivity contribution in [3.8, 4) is 6.07 Å². The summed E-state index contributed by atoms with van der Waals surface area (Å²) in [5.74, 6) is -0.550. The van der Waals surface area contributed by atoms with Gasteiger partial charge >= 0.3 is 0 Å². The summed E-state index contributed by atoms with van der Waals surface area (Å²) in [6.07, 6.45) is 1.98. The molecular weight excluding hydrogens is 328 g/mol. The van der Waals surface area contributed by atoms with Crippen molar-refractivity contribution in [3.05, 3.63) is 82.4 Å². The Labute approximate surface area is 151 Å². The maximum Gasteiger partial charge on any atom is 0.251 e. The summed E-state index contributed by atoms with van der Waals surface area (Å²) in [6, 6.07) is 15.6. The summed E-state index contributed by atoms with van der Waals surface area (Å²) < 4.78 is 0. The Kier molecular flexibility index (Phi) is 5.04. The SMILES string of the molecule is N#CCCNC(=O)c1ccc(CC2=CC(=O)c3ccccc3C2=O)cc1. The first-order valence-electron chi connectivity index (χ1n) is 8.23. The summed E-state index contributed by atoms with van der Waals surface area (Å²) in [6.45, 7) is 0.306. The van der Waals surface area contributed by atoms with Crippen molar-refractivity contribution in [1.29, 1.82) is 5.26 Å². The molecular formula is C21H16N2O3. The van der Waals surface area contributed by atoms with Crippen LogP contribution in [0.2, 0.25) is 0 Å². The van der Waals surface area contributed by atoms with Crippen LogP contribution in [-0.4, -0.2) is 24.0 Å². The number of hydrogen-bond donors (Lipinski definition) is 1. The number of nitrogens with zero attached hydrogens (tertiary/aromatic N) is 1. The predicted molar refractivity (Wildman–Crippen MR) is 95.9 cm³/mol. The molecule has 3 rings (SSSR count). The van der Waals surface area contributed by atoms with Crippen molar-refractivity contribution in [1.82, 2.24) is 5.32 Å². The van der Waals surface area contributed by atoms with Crippen LogP contribution < -0.4 is 5.32 Å². The van der Waals surface area contributed by atoms with E-state index in [4.69, 9.17) is 5.26 Å². The lowest BCUT2D eigenvalue weighted by Crippen LogP contribution is -2.24. The fourth-order valence-electron chi connectivity index (χ4n) is 2.83. The van der Waals surface area contributed by atoms with E-state index in [1.54, 1.807) is 48.5 Å². The second kappa shape index (κ2) is 7.58. The van der Waals surface area contributed by atoms with Crippen LogP contribution in [0.15, 0.2) is 60.2 Å². The number of carbonyl (C=O) groups excluding carboxylic acids is 3. The minimum atomic E-state index is -0.246. The number of nitriles is 1. The lowest BCUT2D eigenvalue weighted by atomic mass is 9.87. The highest BCUT2D eigenvalue weighted by Gasteiger charge is 2.24. The van der Waals surface area contributed by atoms with Crippen LogP contribution in [0.3, 0.4) is 0 Å². The normalized spacial score (nSPS) is 12.8. The Balaban J connectivity index is 1.72. The molecule has 5 heteroatoms. The Morgan fingerprint density at radius 3 is 2.38 bits per heavy atom. The van der Waals surface area contributed by atoms with Gasteiger partial charge in [0.05, 0.1) is 12.5 Å². The molecule has 0 unspecified atom stereocenters. The molecule has 128 valence electrons. The minimum absolute atomic E-state index is 0.140. The van der Waals surface area contributed by atoms with E-state index in [-0.39, 0.29) is 23.9 Å². The van der Waals surface area contributed by atoms with Crippen LogP contribution in [0, 0.1) is 11.3 Å². The van der Waals surface area contributed by atoms with E-state index >= 15 is 0 Å². The van der Waals surface area contributed by atoms with E-state index in [1.165, 1.54) is 6.08 Å². The smallest absolute Gasteiger partial charge is 0.251 e. The van der Waals surface area contributed by atoms with Crippen molar-refractivity contribution in [2.45, 2.75) is 12.8 Å². The Hall–Kier alpha value is -3.52. The van der Waals surface area contributed by atoms with E-state index in [2.05, 4.69) is 5.32 Å². The van der Waals surface area contributed by atoms with E-state index in [0.29, 0.717) is 35.2 Å². The zero-order valence-electron chi connectivity index (χ0n) is 14.0. The number of carbonyl (C=O) groups is 3. The van der Waals surface area contributed by atoms with Gasteiger partial charge in [0.25, 0.3) is 5.91 Å². The average Bonchev–Trinajstić information content (AvgIpc) is 2.66. The number of allylic oxidation sites excluding steroid dienone is 2. The molecule has 0 heterocycles. The van der Waals surface area contributed by atoms with Gasteiger partial charge in [0, 0.05) is 35.2 Å². The fourth-order valence-corrected chi connectivity index (χ4v) is 2.83. The van der Waals surface area contributed by atoms with Crippen LogP contribution in [0.5, 0.6) is 0 Å². The van der Waals surface area contributed by atoms with Gasteiger partial charge in [0.2, 0.25) is 0 Å². The first-order chi connectivity index (χ1) is 12.6. The Morgan fingerprint density at radius 2 is 1.69 bits per heavy atom. The molecule has 0 aliphatic heterocycles. The maximum atomic E-state index is 12.6. The van der Waals surface area contributed by atoms with Gasteiger partial charge in [-0.2, -0.15) is 5.26 Å². The largest absolute Gasteiger partial charge is 0.351 e. The number of benzene rings is 2. The zero-order valence-corrected chi connectivity index (χ0v) is 14.0. The third-order valence-corrected chi connectivity index (χ3v) is 4.17. The number of fused-ring (bicyclic) bond motifs is 1. The van der Waals surface area contributed by atoms with E-state index in [9.17, 15) is 14.4 Å². The van der Waals surface area contributed by atoms with Crippen molar-refractivity contribution < 1.29 is 14.4 Å². The lowest BCUT2D eigenvalue weighted by molar-refractivity contribution is 0.0953. The third-order valence-electron chi connectivity index (χ3n) is 4.17. The van der Waals surface area contributed by atoms with E-state index < -0.39 is 0 Å². The van der Waals surface area contributed by atoms with E-state index in [0.717, 1.165) is 5.56 Å². The molecule has 2 aromatic carbocycles. The summed E-state index contributed by atoms with van der Waals surface area (Å²) in [7, 11) is 0. The van der Waals surface area contributed by atoms with Crippen LogP contribution in [0.4, 0.5) is 0 Å². The second-order valence-electron chi connectivity index (χ2n) is 5.95. The molecule has 0 radical (unpaired) electrons. The zero-order chi connectivity index (χ0) is 18.5. The van der Waals surface area contributed by atoms with Gasteiger partial charge in [0.1, 0.15) is 0 Å². The quantitative estimate of drug-likeness (QED) is 0.845. The summed E-state index contributed by atoms with van der Waals surface area (Å²) in [5.41, 5.74) is 2.64. The number of amides is 1. The standard InChI is InChI=1S/C21H16N2O3/c22-10-3-11-23-21(26)15-8-6-14(7-9-15)12-16-13-19(24)17-4-1-2-5-18(17)20(16)25/h1-2,4-9,13H,3,11-12H2,(H,23,26). The number of ketones is 2. The molecule has 1 N–H and O–H groups in total. The molecule has 26 heavy (non-hydrogen) atoms. The molecule has 0 aromatic heterocycles. The van der Waals surface area contributed by atoms with Crippen LogP contribution >= 0.6 is 0 Å². The first-order valence-corrected chi connectivity index (χ1v) is 8.23. The second-order valence-corrected chi connectivity index (χ2v) is 5.95. The number of hydrogen-bond acceptors (Lipinski definition) is 4.